The van der Waals surface area contributed by atoms with E-state index in [4.69, 9.17) is 4.42 Å². The number of hydrogen-bond donors (Lipinski definition) is 1. The first-order valence-corrected chi connectivity index (χ1v) is 10.9. The minimum absolute atomic E-state index is 0.146. The summed E-state index contributed by atoms with van der Waals surface area (Å²) in [5.41, 5.74) is 3.38. The zero-order chi connectivity index (χ0) is 23.0. The van der Waals surface area contributed by atoms with Gasteiger partial charge in [0.15, 0.2) is 5.69 Å². The van der Waals surface area contributed by atoms with E-state index >= 15 is 0 Å². The van der Waals surface area contributed by atoms with Crippen molar-refractivity contribution >= 4 is 5.91 Å². The minimum Gasteiger partial charge on any atom is -0.447 e. The Labute approximate surface area is 192 Å². The Morgan fingerprint density at radius 3 is 2.18 bits per heavy atom. The zero-order valence-electron chi connectivity index (χ0n) is 18.4. The average molecular weight is 444 g/mol. The van der Waals surface area contributed by atoms with Gasteiger partial charge in [0.2, 0.25) is 5.89 Å². The maximum Gasteiger partial charge on any atom is 0.273 e. The topological polar surface area (TPSA) is 58.4 Å². The summed E-state index contributed by atoms with van der Waals surface area (Å²) in [5, 5.41) is 2.95. The summed E-state index contributed by atoms with van der Waals surface area (Å²) in [6.07, 6.45) is 1.39. The van der Waals surface area contributed by atoms with Gasteiger partial charge in [-0.2, -0.15) is 0 Å². The fourth-order valence-corrected chi connectivity index (χ4v) is 3.63. The lowest BCUT2D eigenvalue weighted by atomic mass is 10.1. The van der Waals surface area contributed by atoms with Crippen LogP contribution in [0.15, 0.2) is 95.6 Å². The second-order valence-corrected chi connectivity index (χ2v) is 7.99. The molecule has 0 aliphatic rings. The van der Waals surface area contributed by atoms with Crippen molar-refractivity contribution in [1.82, 2.24) is 15.2 Å². The van der Waals surface area contributed by atoms with Gasteiger partial charge in [0.25, 0.3) is 5.91 Å². The summed E-state index contributed by atoms with van der Waals surface area (Å²) >= 11 is 0. The van der Waals surface area contributed by atoms with Crippen molar-refractivity contribution in [1.29, 1.82) is 0 Å². The Kier molecular flexibility index (Phi) is 7.27. The first-order chi connectivity index (χ1) is 16.1. The van der Waals surface area contributed by atoms with Gasteiger partial charge < -0.3 is 9.73 Å². The highest BCUT2D eigenvalue weighted by molar-refractivity contribution is 5.92. The smallest absolute Gasteiger partial charge is 0.273 e. The monoisotopic (exact) mass is 443 g/mol. The van der Waals surface area contributed by atoms with Crippen LogP contribution in [0.1, 0.15) is 46.0 Å². The number of halogens is 1. The largest absolute Gasteiger partial charge is 0.447 e. The maximum atomic E-state index is 13.3. The van der Waals surface area contributed by atoms with Crippen molar-refractivity contribution in [3.8, 4) is 0 Å². The second-order valence-electron chi connectivity index (χ2n) is 7.99. The van der Waals surface area contributed by atoms with Gasteiger partial charge in [0, 0.05) is 13.1 Å². The predicted octanol–water partition coefficient (Wildman–Crippen LogP) is 5.51. The van der Waals surface area contributed by atoms with Crippen LogP contribution in [-0.4, -0.2) is 15.8 Å². The average Bonchev–Trinajstić information content (AvgIpc) is 3.30. The standard InChI is InChI=1S/C27H26FN3O2/c1-20(23-10-6-3-7-11-23)29-27(32)25-19-33-26(30-25)18-31(16-21-8-4-2-5-9-21)17-22-12-14-24(28)15-13-22/h2-15,19-20H,16-18H2,1H3,(H,29,32). The second kappa shape index (κ2) is 10.7. The molecular weight excluding hydrogens is 417 g/mol. The van der Waals surface area contributed by atoms with Gasteiger partial charge in [-0.15, -0.1) is 0 Å². The molecule has 0 spiro atoms. The number of nitrogens with zero attached hydrogens (tertiary/aromatic N) is 2. The number of amides is 1. The van der Waals surface area contributed by atoms with Gasteiger partial charge in [0.05, 0.1) is 12.6 Å². The molecule has 5 nitrogen and oxygen atoms in total. The number of hydrogen-bond acceptors (Lipinski definition) is 4. The van der Waals surface area contributed by atoms with Crippen molar-refractivity contribution in [2.75, 3.05) is 0 Å². The van der Waals surface area contributed by atoms with E-state index in [0.717, 1.165) is 16.7 Å². The Morgan fingerprint density at radius 2 is 1.52 bits per heavy atom. The Hall–Kier alpha value is -3.77. The fourth-order valence-electron chi connectivity index (χ4n) is 3.63. The Bertz CT molecular complexity index is 1160. The van der Waals surface area contributed by atoms with Gasteiger partial charge in [0.1, 0.15) is 12.1 Å². The van der Waals surface area contributed by atoms with Crippen molar-refractivity contribution in [2.45, 2.75) is 32.6 Å². The van der Waals surface area contributed by atoms with Crippen LogP contribution >= 0.6 is 0 Å². The van der Waals surface area contributed by atoms with Gasteiger partial charge in [-0.05, 0) is 35.7 Å². The predicted molar refractivity (Wildman–Crippen MR) is 125 cm³/mol. The Morgan fingerprint density at radius 1 is 0.909 bits per heavy atom. The number of carbonyl (C=O) groups excluding carboxylic acids is 1. The molecule has 0 saturated carbocycles. The molecule has 168 valence electrons. The number of aromatic nitrogens is 1. The van der Waals surface area contributed by atoms with Crippen LogP contribution in [0.25, 0.3) is 0 Å². The van der Waals surface area contributed by atoms with Crippen molar-refractivity contribution in [2.24, 2.45) is 0 Å². The molecule has 0 saturated heterocycles. The normalized spacial score (nSPS) is 12.0. The van der Waals surface area contributed by atoms with Gasteiger partial charge in [-0.3, -0.25) is 9.69 Å². The highest BCUT2D eigenvalue weighted by atomic mass is 19.1. The van der Waals surface area contributed by atoms with E-state index in [-0.39, 0.29) is 23.5 Å². The molecule has 4 rings (SSSR count). The fraction of sp³-hybridized carbons (Fsp3) is 0.185. The molecule has 1 N–H and O–H groups in total. The molecule has 4 aromatic rings. The third-order valence-corrected chi connectivity index (χ3v) is 5.36. The molecule has 0 aliphatic heterocycles. The lowest BCUT2D eigenvalue weighted by Gasteiger charge is -2.21. The highest BCUT2D eigenvalue weighted by Gasteiger charge is 2.18. The minimum atomic E-state index is -0.283. The maximum absolute atomic E-state index is 13.3. The molecular formula is C27H26FN3O2. The zero-order valence-corrected chi connectivity index (χ0v) is 18.4. The molecule has 33 heavy (non-hydrogen) atoms. The number of carbonyl (C=O) groups is 1. The molecule has 3 aromatic carbocycles. The quantitative estimate of drug-likeness (QED) is 0.371. The molecule has 6 heteroatoms. The molecule has 1 amide bonds. The van der Waals surface area contributed by atoms with Gasteiger partial charge >= 0.3 is 0 Å². The van der Waals surface area contributed by atoms with E-state index in [1.165, 1.54) is 18.4 Å². The summed E-state index contributed by atoms with van der Waals surface area (Å²) in [6, 6.07) is 26.1. The van der Waals surface area contributed by atoms with Crippen LogP contribution < -0.4 is 5.32 Å². The van der Waals surface area contributed by atoms with Crippen LogP contribution in [-0.2, 0) is 19.6 Å². The third-order valence-electron chi connectivity index (χ3n) is 5.36. The number of benzene rings is 3. The number of nitrogens with one attached hydrogen (secondary N) is 1. The number of rotatable bonds is 9. The SMILES string of the molecule is CC(NC(=O)c1coc(CN(Cc2ccccc2)Cc2ccc(F)cc2)n1)c1ccccc1. The van der Waals surface area contributed by atoms with Crippen LogP contribution in [0, 0.1) is 5.82 Å². The number of oxazole rings is 1. The van der Waals surface area contributed by atoms with Crippen molar-refractivity contribution < 1.29 is 13.6 Å². The van der Waals surface area contributed by atoms with Gasteiger partial charge in [-0.25, -0.2) is 9.37 Å². The van der Waals surface area contributed by atoms with Crippen LogP contribution in [0.4, 0.5) is 4.39 Å². The summed E-state index contributed by atoms with van der Waals surface area (Å²) in [6.45, 7) is 3.59. The molecule has 0 bridgehead atoms. The summed E-state index contributed by atoms with van der Waals surface area (Å²) < 4.78 is 18.9. The summed E-state index contributed by atoms with van der Waals surface area (Å²) in [5.74, 6) is -0.0958. The van der Waals surface area contributed by atoms with Crippen molar-refractivity contribution in [3.05, 3.63) is 125 Å². The van der Waals surface area contributed by atoms with Gasteiger partial charge in [-0.1, -0.05) is 72.8 Å². The van der Waals surface area contributed by atoms with E-state index in [1.807, 2.05) is 55.5 Å². The first-order valence-electron chi connectivity index (χ1n) is 10.9. The van der Waals surface area contributed by atoms with E-state index in [2.05, 4.69) is 27.3 Å². The van der Waals surface area contributed by atoms with Crippen LogP contribution in [0.3, 0.4) is 0 Å². The van der Waals surface area contributed by atoms with Crippen molar-refractivity contribution in [3.63, 3.8) is 0 Å². The first kappa shape index (κ1) is 22.4. The van der Waals surface area contributed by atoms with E-state index < -0.39 is 0 Å². The molecule has 1 heterocycles. The molecule has 1 aromatic heterocycles. The molecule has 0 radical (unpaired) electrons. The molecule has 0 fully saturated rings. The van der Waals surface area contributed by atoms with Crippen LogP contribution in [0.2, 0.25) is 0 Å². The molecule has 0 aliphatic carbocycles. The van der Waals surface area contributed by atoms with E-state index in [0.29, 0.717) is 25.5 Å². The molecule has 1 unspecified atom stereocenters. The third kappa shape index (κ3) is 6.37. The van der Waals surface area contributed by atoms with Crippen LogP contribution in [0.5, 0.6) is 0 Å². The molecule has 1 atom stereocenters. The summed E-state index contributed by atoms with van der Waals surface area (Å²) in [4.78, 5) is 19.2. The lowest BCUT2D eigenvalue weighted by molar-refractivity contribution is 0.0934. The lowest BCUT2D eigenvalue weighted by Crippen LogP contribution is -2.27. The summed E-state index contributed by atoms with van der Waals surface area (Å²) in [7, 11) is 0. The highest BCUT2D eigenvalue weighted by Crippen LogP contribution is 2.16. The Balaban J connectivity index is 1.44. The van der Waals surface area contributed by atoms with E-state index in [1.54, 1.807) is 12.1 Å². The van der Waals surface area contributed by atoms with E-state index in [9.17, 15) is 9.18 Å².